The maximum atomic E-state index is 5.70. The van der Waals surface area contributed by atoms with Crippen molar-refractivity contribution >= 4 is 22.8 Å². The van der Waals surface area contributed by atoms with Gasteiger partial charge in [0.2, 0.25) is 0 Å². The summed E-state index contributed by atoms with van der Waals surface area (Å²) >= 11 is 0. The first-order valence-corrected chi connectivity index (χ1v) is 6.05. The number of fused-ring (bicyclic) bond motifs is 1. The van der Waals surface area contributed by atoms with Crippen LogP contribution in [-0.4, -0.2) is 11.5 Å². The van der Waals surface area contributed by atoms with Crippen LogP contribution in [0.5, 0.6) is 0 Å². The van der Waals surface area contributed by atoms with E-state index in [0.29, 0.717) is 17.1 Å². The summed E-state index contributed by atoms with van der Waals surface area (Å²) in [4.78, 5) is 4.38. The van der Waals surface area contributed by atoms with Crippen LogP contribution in [0, 0.1) is 5.41 Å². The van der Waals surface area contributed by atoms with Gasteiger partial charge in [0.15, 0.2) is 5.58 Å². The van der Waals surface area contributed by atoms with E-state index in [1.165, 1.54) is 19.3 Å². The summed E-state index contributed by atoms with van der Waals surface area (Å²) in [7, 11) is 0. The number of nitrogens with one attached hydrogen (secondary N) is 1. The van der Waals surface area contributed by atoms with Crippen molar-refractivity contribution in [3.05, 3.63) is 18.2 Å². The molecule has 90 valence electrons. The largest absolute Gasteiger partial charge is 0.424 e. The fourth-order valence-electron chi connectivity index (χ4n) is 2.27. The van der Waals surface area contributed by atoms with Crippen LogP contribution in [0.2, 0.25) is 0 Å². The van der Waals surface area contributed by atoms with Crippen LogP contribution in [0.15, 0.2) is 22.6 Å². The first-order valence-electron chi connectivity index (χ1n) is 6.05. The van der Waals surface area contributed by atoms with E-state index in [0.717, 1.165) is 17.6 Å². The van der Waals surface area contributed by atoms with Crippen LogP contribution in [0.3, 0.4) is 0 Å². The van der Waals surface area contributed by atoms with E-state index >= 15 is 0 Å². The number of nitrogen functional groups attached to an aromatic ring is 1. The molecular weight excluding hydrogens is 214 g/mol. The van der Waals surface area contributed by atoms with Gasteiger partial charge in [-0.3, -0.25) is 0 Å². The van der Waals surface area contributed by atoms with E-state index in [9.17, 15) is 0 Å². The lowest BCUT2D eigenvalue weighted by atomic mass is 9.70. The molecule has 0 saturated heterocycles. The lowest BCUT2D eigenvalue weighted by Crippen LogP contribution is -2.33. The Kier molecular flexibility index (Phi) is 2.24. The topological polar surface area (TPSA) is 64.1 Å². The standard InChI is InChI=1S/C13H17N3O/c1-13(5-2-6-13)8-15-12-16-10-7-9(14)3-4-11(10)17-12/h3-4,7H,2,5-6,8,14H2,1H3,(H,15,16). The molecule has 0 bridgehead atoms. The molecule has 2 aromatic rings. The van der Waals surface area contributed by atoms with Gasteiger partial charge in [0.25, 0.3) is 6.01 Å². The highest BCUT2D eigenvalue weighted by Crippen LogP contribution is 2.40. The molecule has 1 saturated carbocycles. The molecule has 1 aliphatic rings. The Morgan fingerprint density at radius 1 is 1.47 bits per heavy atom. The van der Waals surface area contributed by atoms with Crippen LogP contribution in [-0.2, 0) is 0 Å². The number of hydrogen-bond donors (Lipinski definition) is 2. The predicted molar refractivity (Wildman–Crippen MR) is 68.9 cm³/mol. The fraction of sp³-hybridized carbons (Fsp3) is 0.462. The molecule has 0 radical (unpaired) electrons. The molecule has 1 fully saturated rings. The van der Waals surface area contributed by atoms with Gasteiger partial charge in [-0.1, -0.05) is 13.3 Å². The second-order valence-electron chi connectivity index (χ2n) is 5.26. The summed E-state index contributed by atoms with van der Waals surface area (Å²) in [5, 5.41) is 3.28. The fourth-order valence-corrected chi connectivity index (χ4v) is 2.27. The average Bonchev–Trinajstić information content (AvgIpc) is 2.65. The molecule has 0 amide bonds. The van der Waals surface area contributed by atoms with E-state index in [1.807, 2.05) is 18.2 Å². The van der Waals surface area contributed by atoms with Gasteiger partial charge >= 0.3 is 0 Å². The summed E-state index contributed by atoms with van der Waals surface area (Å²) in [6.45, 7) is 3.22. The van der Waals surface area contributed by atoms with Gasteiger partial charge in [-0.05, 0) is 36.5 Å². The van der Waals surface area contributed by atoms with Gasteiger partial charge in [0.1, 0.15) is 5.52 Å². The zero-order chi connectivity index (χ0) is 11.9. The minimum atomic E-state index is 0.416. The Morgan fingerprint density at radius 3 is 3.00 bits per heavy atom. The van der Waals surface area contributed by atoms with Crippen molar-refractivity contribution in [2.45, 2.75) is 26.2 Å². The molecule has 0 unspecified atom stereocenters. The van der Waals surface area contributed by atoms with E-state index in [1.54, 1.807) is 0 Å². The molecule has 4 nitrogen and oxygen atoms in total. The van der Waals surface area contributed by atoms with Crippen molar-refractivity contribution in [2.24, 2.45) is 5.41 Å². The van der Waals surface area contributed by atoms with E-state index < -0.39 is 0 Å². The summed E-state index contributed by atoms with van der Waals surface area (Å²) < 4.78 is 5.61. The van der Waals surface area contributed by atoms with E-state index in [-0.39, 0.29) is 0 Å². The molecule has 1 aliphatic carbocycles. The molecule has 1 aromatic heterocycles. The Labute approximate surface area is 100 Å². The van der Waals surface area contributed by atoms with Crippen molar-refractivity contribution in [1.29, 1.82) is 0 Å². The Balaban J connectivity index is 1.76. The maximum absolute atomic E-state index is 5.70. The van der Waals surface area contributed by atoms with Crippen LogP contribution in [0.4, 0.5) is 11.7 Å². The highest BCUT2D eigenvalue weighted by molar-refractivity contribution is 5.78. The molecule has 0 spiro atoms. The van der Waals surface area contributed by atoms with E-state index in [4.69, 9.17) is 10.2 Å². The van der Waals surface area contributed by atoms with Gasteiger partial charge in [-0.15, -0.1) is 0 Å². The summed E-state index contributed by atoms with van der Waals surface area (Å²) in [5.74, 6) is 0. The summed E-state index contributed by atoms with van der Waals surface area (Å²) in [6.07, 6.45) is 3.91. The van der Waals surface area contributed by atoms with Crippen LogP contribution >= 0.6 is 0 Å². The number of anilines is 2. The Hall–Kier alpha value is -1.71. The minimum absolute atomic E-state index is 0.416. The van der Waals surface area contributed by atoms with Crippen LogP contribution in [0.1, 0.15) is 26.2 Å². The van der Waals surface area contributed by atoms with Gasteiger partial charge < -0.3 is 15.5 Å². The third-order valence-corrected chi connectivity index (χ3v) is 3.64. The second kappa shape index (κ2) is 3.65. The zero-order valence-corrected chi connectivity index (χ0v) is 9.99. The Morgan fingerprint density at radius 2 is 2.29 bits per heavy atom. The Bertz CT molecular complexity index is 543. The monoisotopic (exact) mass is 231 g/mol. The number of oxazole rings is 1. The van der Waals surface area contributed by atoms with Crippen LogP contribution < -0.4 is 11.1 Å². The van der Waals surface area contributed by atoms with Gasteiger partial charge in [0.05, 0.1) is 0 Å². The van der Waals surface area contributed by atoms with Gasteiger partial charge in [0, 0.05) is 12.2 Å². The lowest BCUT2D eigenvalue weighted by molar-refractivity contribution is 0.179. The number of rotatable bonds is 3. The molecule has 1 aromatic carbocycles. The SMILES string of the molecule is CC1(CNc2nc3cc(N)ccc3o2)CCC1. The normalized spacial score (nSPS) is 17.9. The third kappa shape index (κ3) is 1.95. The van der Waals surface area contributed by atoms with Crippen molar-refractivity contribution in [3.8, 4) is 0 Å². The maximum Gasteiger partial charge on any atom is 0.295 e. The summed E-state index contributed by atoms with van der Waals surface area (Å²) in [5.41, 5.74) is 8.42. The van der Waals surface area contributed by atoms with Crippen molar-refractivity contribution in [3.63, 3.8) is 0 Å². The molecule has 1 heterocycles. The number of aromatic nitrogens is 1. The lowest BCUT2D eigenvalue weighted by Gasteiger charge is -2.38. The zero-order valence-electron chi connectivity index (χ0n) is 9.99. The number of nitrogens with zero attached hydrogens (tertiary/aromatic N) is 1. The van der Waals surface area contributed by atoms with Crippen molar-refractivity contribution in [2.75, 3.05) is 17.6 Å². The number of hydrogen-bond acceptors (Lipinski definition) is 4. The van der Waals surface area contributed by atoms with E-state index in [2.05, 4.69) is 17.2 Å². The van der Waals surface area contributed by atoms with Crippen LogP contribution in [0.25, 0.3) is 11.1 Å². The quantitative estimate of drug-likeness (QED) is 0.797. The smallest absolute Gasteiger partial charge is 0.295 e. The minimum Gasteiger partial charge on any atom is -0.424 e. The summed E-state index contributed by atoms with van der Waals surface area (Å²) in [6, 6.07) is 6.10. The first-order chi connectivity index (χ1) is 8.15. The van der Waals surface area contributed by atoms with Crippen molar-refractivity contribution < 1.29 is 4.42 Å². The molecule has 17 heavy (non-hydrogen) atoms. The molecule has 0 atom stereocenters. The molecule has 3 rings (SSSR count). The molecular formula is C13H17N3O. The van der Waals surface area contributed by atoms with Gasteiger partial charge in [-0.25, -0.2) is 0 Å². The predicted octanol–water partition coefficient (Wildman–Crippen LogP) is 3.01. The number of nitrogens with two attached hydrogens (primary N) is 1. The van der Waals surface area contributed by atoms with Gasteiger partial charge in [-0.2, -0.15) is 4.98 Å². The second-order valence-corrected chi connectivity index (χ2v) is 5.26. The number of benzene rings is 1. The highest BCUT2D eigenvalue weighted by Gasteiger charge is 2.31. The molecule has 0 aliphatic heterocycles. The van der Waals surface area contributed by atoms with Crippen molar-refractivity contribution in [1.82, 2.24) is 4.98 Å². The first kappa shape index (κ1) is 10.4. The molecule has 3 N–H and O–H groups in total. The molecule has 4 heteroatoms. The highest BCUT2D eigenvalue weighted by atomic mass is 16.4. The average molecular weight is 231 g/mol. The third-order valence-electron chi connectivity index (χ3n) is 3.64.